The zero-order valence-corrected chi connectivity index (χ0v) is 6.95. The normalized spacial score (nSPS) is 25.9. The molecule has 2 nitrogen and oxygen atoms in total. The molecule has 0 aliphatic carbocycles. The zero-order chi connectivity index (χ0) is 7.40. The van der Waals surface area contributed by atoms with E-state index in [2.05, 4.69) is 4.74 Å². The van der Waals surface area contributed by atoms with Crippen LogP contribution < -0.4 is 0 Å². The Morgan fingerprint density at radius 1 is 1.60 bits per heavy atom. The molecule has 1 heterocycles. The summed E-state index contributed by atoms with van der Waals surface area (Å²) in [5, 5.41) is 0.124. The van der Waals surface area contributed by atoms with Crippen LogP contribution >= 0.6 is 11.8 Å². The highest BCUT2D eigenvalue weighted by molar-refractivity contribution is 8.00. The molecule has 1 saturated heterocycles. The van der Waals surface area contributed by atoms with E-state index in [9.17, 15) is 4.79 Å². The van der Waals surface area contributed by atoms with Crippen LogP contribution in [0, 0.1) is 0 Å². The standard InChI is InChI=1S/C7H12O2S/c1-9-7(8)6-4-2-3-5-10-6/h6H,2-5H2,1H3. The van der Waals surface area contributed by atoms with Crippen molar-refractivity contribution in [2.45, 2.75) is 24.5 Å². The van der Waals surface area contributed by atoms with Gasteiger partial charge in [-0.3, -0.25) is 4.79 Å². The molecule has 0 amide bonds. The molecule has 1 aliphatic rings. The van der Waals surface area contributed by atoms with Crippen LogP contribution in [0.1, 0.15) is 19.3 Å². The molecule has 0 bridgehead atoms. The Bertz CT molecular complexity index is 119. The molecule has 1 rings (SSSR count). The first kappa shape index (κ1) is 7.92. The summed E-state index contributed by atoms with van der Waals surface area (Å²) in [6.45, 7) is 0. The van der Waals surface area contributed by atoms with Gasteiger partial charge in [-0.1, -0.05) is 6.42 Å². The fourth-order valence-corrected chi connectivity index (χ4v) is 2.28. The fraction of sp³-hybridized carbons (Fsp3) is 0.857. The van der Waals surface area contributed by atoms with E-state index >= 15 is 0 Å². The highest BCUT2D eigenvalue weighted by atomic mass is 32.2. The van der Waals surface area contributed by atoms with Crippen LogP contribution in [0.5, 0.6) is 0 Å². The Balaban J connectivity index is 2.31. The van der Waals surface area contributed by atoms with Gasteiger partial charge in [0.1, 0.15) is 5.25 Å². The average molecular weight is 160 g/mol. The van der Waals surface area contributed by atoms with Gasteiger partial charge >= 0.3 is 5.97 Å². The van der Waals surface area contributed by atoms with E-state index < -0.39 is 0 Å². The minimum atomic E-state index is -0.0512. The van der Waals surface area contributed by atoms with Gasteiger partial charge in [-0.15, -0.1) is 11.8 Å². The van der Waals surface area contributed by atoms with E-state index in [1.54, 1.807) is 11.8 Å². The zero-order valence-electron chi connectivity index (χ0n) is 6.13. The van der Waals surface area contributed by atoms with Crippen LogP contribution in [0.3, 0.4) is 0 Å². The van der Waals surface area contributed by atoms with Gasteiger partial charge in [0.25, 0.3) is 0 Å². The third-order valence-corrected chi connectivity index (χ3v) is 3.00. The maximum atomic E-state index is 10.9. The molecule has 0 spiro atoms. The van der Waals surface area contributed by atoms with Gasteiger partial charge in [0.15, 0.2) is 0 Å². The molecular weight excluding hydrogens is 148 g/mol. The Labute approximate surface area is 65.3 Å². The van der Waals surface area contributed by atoms with E-state index in [4.69, 9.17) is 0 Å². The van der Waals surface area contributed by atoms with E-state index in [0.29, 0.717) is 0 Å². The minimum absolute atomic E-state index is 0.0512. The summed E-state index contributed by atoms with van der Waals surface area (Å²) in [6.07, 6.45) is 3.42. The summed E-state index contributed by atoms with van der Waals surface area (Å²) in [5.41, 5.74) is 0. The molecule has 0 saturated carbocycles. The van der Waals surface area contributed by atoms with Crippen LogP contribution in [0.25, 0.3) is 0 Å². The van der Waals surface area contributed by atoms with Crippen LogP contribution in [-0.2, 0) is 9.53 Å². The van der Waals surface area contributed by atoms with E-state index in [1.807, 2.05) is 0 Å². The van der Waals surface area contributed by atoms with Crippen molar-refractivity contribution in [1.82, 2.24) is 0 Å². The number of thioether (sulfide) groups is 1. The largest absolute Gasteiger partial charge is 0.468 e. The van der Waals surface area contributed by atoms with Gasteiger partial charge in [-0.2, -0.15) is 0 Å². The van der Waals surface area contributed by atoms with Crippen molar-refractivity contribution >= 4 is 17.7 Å². The SMILES string of the molecule is COC(=O)C1CCCCS1. The van der Waals surface area contributed by atoms with Crippen molar-refractivity contribution in [3.05, 3.63) is 0 Å². The monoisotopic (exact) mass is 160 g/mol. The molecule has 0 aromatic heterocycles. The van der Waals surface area contributed by atoms with Gasteiger partial charge in [0, 0.05) is 0 Å². The second kappa shape index (κ2) is 3.86. The van der Waals surface area contributed by atoms with Crippen molar-refractivity contribution in [3.63, 3.8) is 0 Å². The molecule has 1 fully saturated rings. The lowest BCUT2D eigenvalue weighted by Gasteiger charge is -2.18. The number of carbonyl (C=O) groups excluding carboxylic acids is 1. The molecular formula is C7H12O2S. The van der Waals surface area contributed by atoms with Crippen LogP contribution in [0.2, 0.25) is 0 Å². The second-order valence-electron chi connectivity index (χ2n) is 2.38. The third-order valence-electron chi connectivity index (χ3n) is 1.64. The van der Waals surface area contributed by atoms with Gasteiger partial charge < -0.3 is 4.74 Å². The third kappa shape index (κ3) is 1.90. The van der Waals surface area contributed by atoms with Crippen LogP contribution in [0.4, 0.5) is 0 Å². The van der Waals surface area contributed by atoms with Gasteiger partial charge in [0.05, 0.1) is 7.11 Å². The van der Waals surface area contributed by atoms with E-state index in [0.717, 1.165) is 12.2 Å². The Morgan fingerprint density at radius 2 is 2.40 bits per heavy atom. The smallest absolute Gasteiger partial charge is 0.318 e. The highest BCUT2D eigenvalue weighted by Gasteiger charge is 2.21. The van der Waals surface area contributed by atoms with Gasteiger partial charge in [-0.05, 0) is 18.6 Å². The molecule has 58 valence electrons. The summed E-state index contributed by atoms with van der Waals surface area (Å²) in [6, 6.07) is 0. The molecule has 1 atom stereocenters. The topological polar surface area (TPSA) is 26.3 Å². The number of hydrogen-bond donors (Lipinski definition) is 0. The summed E-state index contributed by atoms with van der Waals surface area (Å²) in [4.78, 5) is 10.9. The first-order chi connectivity index (χ1) is 4.84. The highest BCUT2D eigenvalue weighted by Crippen LogP contribution is 2.25. The van der Waals surface area contributed by atoms with Crippen molar-refractivity contribution in [2.75, 3.05) is 12.9 Å². The molecule has 1 aliphatic heterocycles. The van der Waals surface area contributed by atoms with Crippen molar-refractivity contribution in [1.29, 1.82) is 0 Å². The van der Waals surface area contributed by atoms with Crippen molar-refractivity contribution < 1.29 is 9.53 Å². The summed E-state index contributed by atoms with van der Waals surface area (Å²) < 4.78 is 4.63. The van der Waals surface area contributed by atoms with Crippen molar-refractivity contribution in [2.24, 2.45) is 0 Å². The number of hydrogen-bond acceptors (Lipinski definition) is 3. The predicted octanol–water partition coefficient (Wildman–Crippen LogP) is 1.45. The second-order valence-corrected chi connectivity index (χ2v) is 3.69. The fourth-order valence-electron chi connectivity index (χ4n) is 1.06. The Hall–Kier alpha value is -0.180. The number of ether oxygens (including phenoxy) is 1. The number of methoxy groups -OCH3 is 1. The van der Waals surface area contributed by atoms with Crippen molar-refractivity contribution in [3.8, 4) is 0 Å². The maximum absolute atomic E-state index is 10.9. The minimum Gasteiger partial charge on any atom is -0.468 e. The Morgan fingerprint density at radius 3 is 2.90 bits per heavy atom. The number of rotatable bonds is 1. The van der Waals surface area contributed by atoms with Gasteiger partial charge in [0.2, 0.25) is 0 Å². The first-order valence-electron chi connectivity index (χ1n) is 3.54. The molecule has 3 heteroatoms. The molecule has 1 unspecified atom stereocenters. The summed E-state index contributed by atoms with van der Waals surface area (Å²) in [5.74, 6) is 1.06. The van der Waals surface area contributed by atoms with E-state index in [-0.39, 0.29) is 11.2 Å². The van der Waals surface area contributed by atoms with Crippen LogP contribution in [-0.4, -0.2) is 24.1 Å². The lowest BCUT2D eigenvalue weighted by Crippen LogP contribution is -2.21. The Kier molecular flexibility index (Phi) is 3.06. The molecule has 0 N–H and O–H groups in total. The number of carbonyl (C=O) groups is 1. The quantitative estimate of drug-likeness (QED) is 0.543. The maximum Gasteiger partial charge on any atom is 0.318 e. The molecule has 0 radical (unpaired) electrons. The summed E-state index contributed by atoms with van der Waals surface area (Å²) >= 11 is 1.72. The molecule has 0 aromatic rings. The summed E-state index contributed by atoms with van der Waals surface area (Å²) in [7, 11) is 1.46. The van der Waals surface area contributed by atoms with Gasteiger partial charge in [-0.25, -0.2) is 0 Å². The lowest BCUT2D eigenvalue weighted by atomic mass is 10.2. The van der Waals surface area contributed by atoms with E-state index in [1.165, 1.54) is 20.0 Å². The number of esters is 1. The molecule has 10 heavy (non-hydrogen) atoms. The lowest BCUT2D eigenvalue weighted by molar-refractivity contribution is -0.140. The first-order valence-corrected chi connectivity index (χ1v) is 4.59. The molecule has 0 aromatic carbocycles. The average Bonchev–Trinajstić information content (AvgIpc) is 2.05. The predicted molar refractivity (Wildman–Crippen MR) is 42.1 cm³/mol. The van der Waals surface area contributed by atoms with Crippen LogP contribution in [0.15, 0.2) is 0 Å².